The van der Waals surface area contributed by atoms with Crippen molar-refractivity contribution in [2.24, 2.45) is 5.92 Å². The van der Waals surface area contributed by atoms with Gasteiger partial charge in [0.05, 0.1) is 22.5 Å². The third kappa shape index (κ3) is 4.51. The minimum atomic E-state index is -4.43. The van der Waals surface area contributed by atoms with Gasteiger partial charge in [-0.2, -0.15) is 13.2 Å². The van der Waals surface area contributed by atoms with Gasteiger partial charge in [0.15, 0.2) is 0 Å². The summed E-state index contributed by atoms with van der Waals surface area (Å²) in [4.78, 5) is 36.9. The van der Waals surface area contributed by atoms with Crippen LogP contribution < -0.4 is 0 Å². The Kier molecular flexibility index (Phi) is 5.79. The van der Waals surface area contributed by atoms with Crippen LogP contribution in [0.1, 0.15) is 42.1 Å². The molecule has 0 spiro atoms. The molecule has 9 heteroatoms. The average molecular weight is 470 g/mol. The molecule has 6 nitrogen and oxygen atoms in total. The fourth-order valence-electron chi connectivity index (χ4n) is 4.95. The van der Waals surface area contributed by atoms with E-state index in [0.717, 1.165) is 41.8 Å². The molecule has 1 atom stereocenters. The molecular formula is C25H25F3N4O2. The van der Waals surface area contributed by atoms with E-state index in [9.17, 15) is 22.8 Å². The quantitative estimate of drug-likeness (QED) is 0.617. The first-order chi connectivity index (χ1) is 16.3. The topological polar surface area (TPSA) is 69.3 Å². The maximum atomic E-state index is 13.1. The largest absolute Gasteiger partial charge is 0.416 e. The molecule has 2 fully saturated rings. The van der Waals surface area contributed by atoms with Gasteiger partial charge in [-0.15, -0.1) is 0 Å². The molecule has 1 aromatic heterocycles. The van der Waals surface area contributed by atoms with E-state index in [4.69, 9.17) is 0 Å². The van der Waals surface area contributed by atoms with Crippen LogP contribution in [0.5, 0.6) is 0 Å². The molecule has 178 valence electrons. The molecular weight excluding hydrogens is 445 g/mol. The first kappa shape index (κ1) is 22.4. The Balaban J connectivity index is 1.18. The third-order valence-electron chi connectivity index (χ3n) is 6.79. The van der Waals surface area contributed by atoms with Gasteiger partial charge in [0.2, 0.25) is 11.8 Å². The van der Waals surface area contributed by atoms with Crippen LogP contribution >= 0.6 is 0 Å². The van der Waals surface area contributed by atoms with Gasteiger partial charge >= 0.3 is 6.18 Å². The number of hydrogen-bond donors (Lipinski definition) is 1. The van der Waals surface area contributed by atoms with Gasteiger partial charge in [0, 0.05) is 38.5 Å². The summed E-state index contributed by atoms with van der Waals surface area (Å²) in [6.45, 7) is 1.50. The Labute approximate surface area is 194 Å². The highest BCUT2D eigenvalue weighted by Gasteiger charge is 2.38. The lowest BCUT2D eigenvalue weighted by Gasteiger charge is -2.32. The number of rotatable bonds is 4. The molecule has 5 rings (SSSR count). The number of aromatic amines is 1. The number of nitrogens with one attached hydrogen (secondary N) is 1. The second-order valence-corrected chi connectivity index (χ2v) is 9.11. The molecule has 2 aromatic carbocycles. The van der Waals surface area contributed by atoms with E-state index in [1.807, 2.05) is 29.2 Å². The molecule has 1 N–H and O–H groups in total. The second-order valence-electron chi connectivity index (χ2n) is 9.11. The Morgan fingerprint density at radius 2 is 1.85 bits per heavy atom. The summed E-state index contributed by atoms with van der Waals surface area (Å²) in [5.41, 5.74) is 1.60. The molecule has 0 saturated carbocycles. The van der Waals surface area contributed by atoms with Crippen molar-refractivity contribution >= 4 is 22.8 Å². The number of likely N-dealkylation sites (tertiary alicyclic amines) is 2. The molecule has 34 heavy (non-hydrogen) atoms. The summed E-state index contributed by atoms with van der Waals surface area (Å²) >= 11 is 0. The predicted molar refractivity (Wildman–Crippen MR) is 120 cm³/mol. The number of imidazole rings is 1. The Morgan fingerprint density at radius 1 is 1.09 bits per heavy atom. The number of benzene rings is 2. The van der Waals surface area contributed by atoms with Gasteiger partial charge in [-0.3, -0.25) is 9.59 Å². The van der Waals surface area contributed by atoms with E-state index in [2.05, 4.69) is 9.97 Å². The number of hydrogen-bond acceptors (Lipinski definition) is 3. The minimum absolute atomic E-state index is 0.0528. The zero-order valence-corrected chi connectivity index (χ0v) is 18.5. The van der Waals surface area contributed by atoms with E-state index < -0.39 is 17.7 Å². The Morgan fingerprint density at radius 3 is 2.59 bits per heavy atom. The Bertz CT molecular complexity index is 1180. The van der Waals surface area contributed by atoms with Crippen LogP contribution in [0, 0.1) is 5.92 Å². The first-order valence-corrected chi connectivity index (χ1v) is 11.5. The second kappa shape index (κ2) is 8.77. The lowest BCUT2D eigenvalue weighted by Crippen LogP contribution is -2.42. The van der Waals surface area contributed by atoms with Crippen LogP contribution in [0.4, 0.5) is 13.2 Å². The lowest BCUT2D eigenvalue weighted by molar-refractivity contribution is -0.138. The first-order valence-electron chi connectivity index (χ1n) is 11.5. The number of amides is 2. The number of nitrogens with zero attached hydrogens (tertiary/aromatic N) is 3. The van der Waals surface area contributed by atoms with Crippen LogP contribution in [0.25, 0.3) is 11.0 Å². The van der Waals surface area contributed by atoms with Crippen molar-refractivity contribution in [1.82, 2.24) is 19.8 Å². The van der Waals surface area contributed by atoms with Crippen molar-refractivity contribution in [2.45, 2.75) is 37.9 Å². The Hall–Kier alpha value is -3.36. The van der Waals surface area contributed by atoms with Crippen LogP contribution in [0.2, 0.25) is 0 Å². The number of halogens is 3. The maximum Gasteiger partial charge on any atom is 0.416 e. The van der Waals surface area contributed by atoms with Gasteiger partial charge in [0.1, 0.15) is 5.82 Å². The SMILES string of the molecule is O=C1CC(C(=O)N2CCC(c3nc4ccccc4[nH]3)CC2)CN1Cc1cccc(C(F)(F)F)c1. The highest BCUT2D eigenvalue weighted by molar-refractivity contribution is 5.89. The van der Waals surface area contributed by atoms with Gasteiger partial charge in [-0.05, 0) is 42.7 Å². The highest BCUT2D eigenvalue weighted by Crippen LogP contribution is 2.32. The van der Waals surface area contributed by atoms with Crippen LogP contribution in [-0.2, 0) is 22.3 Å². The van der Waals surface area contributed by atoms with Crippen LogP contribution in [0.3, 0.4) is 0 Å². The number of fused-ring (bicyclic) bond motifs is 1. The fraction of sp³-hybridized carbons (Fsp3) is 0.400. The number of carbonyl (C=O) groups is 2. The van der Waals surface area contributed by atoms with E-state index in [0.29, 0.717) is 18.7 Å². The van der Waals surface area contributed by atoms with Gasteiger partial charge in [0.25, 0.3) is 0 Å². The highest BCUT2D eigenvalue weighted by atomic mass is 19.4. The summed E-state index contributed by atoms with van der Waals surface area (Å²) in [6.07, 6.45) is -2.75. The molecule has 2 aliphatic rings. The normalized spacial score (nSPS) is 19.9. The van der Waals surface area contributed by atoms with E-state index in [-0.39, 0.29) is 37.2 Å². The van der Waals surface area contributed by atoms with E-state index >= 15 is 0 Å². The van der Waals surface area contributed by atoms with Gasteiger partial charge in [-0.25, -0.2) is 4.98 Å². The third-order valence-corrected chi connectivity index (χ3v) is 6.79. The smallest absolute Gasteiger partial charge is 0.342 e. The average Bonchev–Trinajstić information content (AvgIpc) is 3.42. The molecule has 2 aliphatic heterocycles. The molecule has 0 aliphatic carbocycles. The molecule has 0 bridgehead atoms. The molecule has 2 saturated heterocycles. The lowest BCUT2D eigenvalue weighted by atomic mass is 9.95. The number of alkyl halides is 3. The summed E-state index contributed by atoms with van der Waals surface area (Å²) in [5, 5.41) is 0. The molecule has 2 amide bonds. The monoisotopic (exact) mass is 470 g/mol. The number of piperidine rings is 1. The van der Waals surface area contributed by atoms with Gasteiger partial charge < -0.3 is 14.8 Å². The van der Waals surface area contributed by atoms with E-state index in [1.165, 1.54) is 11.0 Å². The van der Waals surface area contributed by atoms with Crippen molar-refractivity contribution < 1.29 is 22.8 Å². The number of aromatic nitrogens is 2. The molecule has 0 radical (unpaired) electrons. The summed E-state index contributed by atoms with van der Waals surface area (Å²) in [5.74, 6) is 0.479. The predicted octanol–water partition coefficient (Wildman–Crippen LogP) is 4.34. The number of para-hydroxylation sites is 2. The molecule has 3 heterocycles. The fourth-order valence-corrected chi connectivity index (χ4v) is 4.95. The van der Waals surface area contributed by atoms with Crippen molar-refractivity contribution in [3.05, 3.63) is 65.5 Å². The van der Waals surface area contributed by atoms with Gasteiger partial charge in [-0.1, -0.05) is 24.3 Å². The van der Waals surface area contributed by atoms with Crippen molar-refractivity contribution in [3.63, 3.8) is 0 Å². The zero-order valence-electron chi connectivity index (χ0n) is 18.5. The van der Waals surface area contributed by atoms with Crippen molar-refractivity contribution in [3.8, 4) is 0 Å². The summed E-state index contributed by atoms with van der Waals surface area (Å²) in [6, 6.07) is 12.9. The molecule has 1 unspecified atom stereocenters. The minimum Gasteiger partial charge on any atom is -0.342 e. The molecule has 3 aromatic rings. The maximum absolute atomic E-state index is 13.1. The zero-order chi connectivity index (χ0) is 23.9. The van der Waals surface area contributed by atoms with Crippen molar-refractivity contribution in [2.75, 3.05) is 19.6 Å². The number of H-pyrrole nitrogens is 1. The summed E-state index contributed by atoms with van der Waals surface area (Å²) < 4.78 is 39.0. The number of carbonyl (C=O) groups excluding carboxylic acids is 2. The standard InChI is InChI=1S/C25H25F3N4O2/c26-25(27,28)19-5-3-4-16(12-19)14-32-15-18(13-22(32)33)24(34)31-10-8-17(9-11-31)23-29-20-6-1-2-7-21(20)30-23/h1-7,12,17-18H,8-11,13-15H2,(H,29,30). The van der Waals surface area contributed by atoms with E-state index in [1.54, 1.807) is 6.07 Å². The van der Waals surface area contributed by atoms with Crippen LogP contribution in [-0.4, -0.2) is 51.2 Å². The van der Waals surface area contributed by atoms with Crippen molar-refractivity contribution in [1.29, 1.82) is 0 Å². The van der Waals surface area contributed by atoms with Crippen LogP contribution in [0.15, 0.2) is 48.5 Å². The summed E-state index contributed by atoms with van der Waals surface area (Å²) in [7, 11) is 0.